The van der Waals surface area contributed by atoms with Gasteiger partial charge in [-0.15, -0.1) is 10.2 Å². The molecule has 0 aliphatic rings. The summed E-state index contributed by atoms with van der Waals surface area (Å²) >= 11 is 7.30. The molecule has 27 heavy (non-hydrogen) atoms. The monoisotopic (exact) mass is 400 g/mol. The minimum atomic E-state index is -0.0526. The standard InChI is InChI=1S/C20H21ClN4OS/c1-3-15-6-4-5-7-17(15)22-19(26)13-27-20-24-23-18(25(20)2)12-14-8-10-16(21)11-9-14/h4-11H,3,12-13H2,1-2H3,(H,22,26). The van der Waals surface area contributed by atoms with Crippen molar-refractivity contribution in [3.63, 3.8) is 0 Å². The third kappa shape index (κ3) is 5.11. The number of thioether (sulfide) groups is 1. The van der Waals surface area contributed by atoms with Crippen LogP contribution in [-0.4, -0.2) is 26.4 Å². The van der Waals surface area contributed by atoms with Crippen molar-refractivity contribution >= 4 is 35.0 Å². The van der Waals surface area contributed by atoms with E-state index in [-0.39, 0.29) is 11.7 Å². The average Bonchev–Trinajstić information content (AvgIpc) is 3.02. The van der Waals surface area contributed by atoms with Crippen molar-refractivity contribution in [3.05, 3.63) is 70.5 Å². The molecule has 0 fully saturated rings. The number of aromatic nitrogens is 3. The van der Waals surface area contributed by atoms with Crippen LogP contribution in [0.2, 0.25) is 5.02 Å². The van der Waals surface area contributed by atoms with Gasteiger partial charge in [0.15, 0.2) is 5.16 Å². The van der Waals surface area contributed by atoms with Gasteiger partial charge in [-0.3, -0.25) is 4.79 Å². The van der Waals surface area contributed by atoms with E-state index in [9.17, 15) is 4.79 Å². The molecule has 0 atom stereocenters. The smallest absolute Gasteiger partial charge is 0.234 e. The van der Waals surface area contributed by atoms with Crippen molar-refractivity contribution in [2.45, 2.75) is 24.9 Å². The molecule has 0 saturated heterocycles. The number of halogens is 1. The minimum absolute atomic E-state index is 0.0526. The molecule has 1 N–H and O–H groups in total. The van der Waals surface area contributed by atoms with E-state index in [0.29, 0.717) is 11.4 Å². The van der Waals surface area contributed by atoms with Gasteiger partial charge in [-0.2, -0.15) is 0 Å². The quantitative estimate of drug-likeness (QED) is 0.599. The van der Waals surface area contributed by atoms with Gasteiger partial charge in [-0.25, -0.2) is 0 Å². The first kappa shape index (κ1) is 19.5. The molecule has 1 heterocycles. The molecular formula is C20H21ClN4OS. The van der Waals surface area contributed by atoms with Gasteiger partial charge in [-0.1, -0.05) is 60.6 Å². The molecule has 0 radical (unpaired) electrons. The number of anilines is 1. The molecular weight excluding hydrogens is 380 g/mol. The van der Waals surface area contributed by atoms with Gasteiger partial charge in [0.2, 0.25) is 5.91 Å². The molecule has 2 aromatic carbocycles. The van der Waals surface area contributed by atoms with Gasteiger partial charge >= 0.3 is 0 Å². The lowest BCUT2D eigenvalue weighted by atomic mass is 10.1. The molecule has 0 aliphatic heterocycles. The molecule has 3 aromatic rings. The van der Waals surface area contributed by atoms with Gasteiger partial charge in [0.1, 0.15) is 5.82 Å². The first-order chi connectivity index (χ1) is 13.1. The number of nitrogens with one attached hydrogen (secondary N) is 1. The van der Waals surface area contributed by atoms with Crippen LogP contribution in [0.3, 0.4) is 0 Å². The molecule has 0 aliphatic carbocycles. The fourth-order valence-corrected chi connectivity index (χ4v) is 3.53. The predicted molar refractivity (Wildman–Crippen MR) is 110 cm³/mol. The maximum atomic E-state index is 12.3. The van der Waals surface area contributed by atoms with Crippen LogP contribution < -0.4 is 5.32 Å². The molecule has 0 bridgehead atoms. The maximum Gasteiger partial charge on any atom is 0.234 e. The minimum Gasteiger partial charge on any atom is -0.325 e. The normalized spacial score (nSPS) is 10.8. The van der Waals surface area contributed by atoms with Crippen LogP contribution in [0, 0.1) is 0 Å². The zero-order valence-corrected chi connectivity index (χ0v) is 16.8. The van der Waals surface area contributed by atoms with E-state index in [0.717, 1.165) is 34.2 Å². The number of nitrogens with zero attached hydrogens (tertiary/aromatic N) is 3. The summed E-state index contributed by atoms with van der Waals surface area (Å²) in [6.07, 6.45) is 1.54. The molecule has 140 valence electrons. The maximum absolute atomic E-state index is 12.3. The molecule has 1 amide bonds. The van der Waals surface area contributed by atoms with Gasteiger partial charge in [-0.05, 0) is 35.7 Å². The first-order valence-corrected chi connectivity index (χ1v) is 10.1. The van der Waals surface area contributed by atoms with E-state index in [1.165, 1.54) is 11.8 Å². The predicted octanol–water partition coefficient (Wildman–Crippen LogP) is 4.35. The summed E-state index contributed by atoms with van der Waals surface area (Å²) in [5.41, 5.74) is 3.10. The molecule has 0 saturated carbocycles. The highest BCUT2D eigenvalue weighted by molar-refractivity contribution is 7.99. The summed E-state index contributed by atoms with van der Waals surface area (Å²) < 4.78 is 1.92. The fourth-order valence-electron chi connectivity index (χ4n) is 2.68. The second kappa shape index (κ2) is 9.06. The van der Waals surface area contributed by atoms with Crippen LogP contribution in [0.1, 0.15) is 23.9 Å². The van der Waals surface area contributed by atoms with Crippen LogP contribution in [-0.2, 0) is 24.7 Å². The second-order valence-electron chi connectivity index (χ2n) is 6.11. The first-order valence-electron chi connectivity index (χ1n) is 8.70. The Hall–Kier alpha value is -2.31. The average molecular weight is 401 g/mol. The van der Waals surface area contributed by atoms with Gasteiger partial charge in [0, 0.05) is 24.2 Å². The Morgan fingerprint density at radius 3 is 2.63 bits per heavy atom. The highest BCUT2D eigenvalue weighted by atomic mass is 35.5. The number of aryl methyl sites for hydroxylation is 1. The molecule has 3 rings (SSSR count). The topological polar surface area (TPSA) is 59.8 Å². The second-order valence-corrected chi connectivity index (χ2v) is 7.49. The summed E-state index contributed by atoms with van der Waals surface area (Å²) in [5.74, 6) is 1.07. The molecule has 1 aromatic heterocycles. The molecule has 0 spiro atoms. The summed E-state index contributed by atoms with van der Waals surface area (Å²) in [7, 11) is 1.91. The zero-order chi connectivity index (χ0) is 19.2. The number of carbonyl (C=O) groups excluding carboxylic acids is 1. The van der Waals surface area contributed by atoms with Gasteiger partial charge in [0.25, 0.3) is 0 Å². The summed E-state index contributed by atoms with van der Waals surface area (Å²) in [6.45, 7) is 2.07. The Morgan fingerprint density at radius 2 is 1.89 bits per heavy atom. The number of hydrogen-bond acceptors (Lipinski definition) is 4. The van der Waals surface area contributed by atoms with E-state index in [2.05, 4.69) is 22.4 Å². The third-order valence-electron chi connectivity index (χ3n) is 4.21. The lowest BCUT2D eigenvalue weighted by Gasteiger charge is -2.09. The van der Waals surface area contributed by atoms with Crippen LogP contribution in [0.4, 0.5) is 5.69 Å². The number of benzene rings is 2. The lowest BCUT2D eigenvalue weighted by molar-refractivity contribution is -0.113. The highest BCUT2D eigenvalue weighted by Crippen LogP contribution is 2.20. The van der Waals surface area contributed by atoms with Crippen LogP contribution in [0.25, 0.3) is 0 Å². The van der Waals surface area contributed by atoms with Crippen LogP contribution in [0.15, 0.2) is 53.7 Å². The van der Waals surface area contributed by atoms with Crippen molar-refractivity contribution in [2.24, 2.45) is 7.05 Å². The Labute approximate surface area is 168 Å². The number of para-hydroxylation sites is 1. The van der Waals surface area contributed by atoms with Crippen molar-refractivity contribution in [1.29, 1.82) is 0 Å². The number of amides is 1. The number of hydrogen-bond donors (Lipinski definition) is 1. The molecule has 0 unspecified atom stereocenters. The van der Waals surface area contributed by atoms with Crippen LogP contribution >= 0.6 is 23.4 Å². The zero-order valence-electron chi connectivity index (χ0n) is 15.3. The van der Waals surface area contributed by atoms with E-state index in [4.69, 9.17) is 11.6 Å². The SMILES string of the molecule is CCc1ccccc1NC(=O)CSc1nnc(Cc2ccc(Cl)cc2)n1C. The van der Waals surface area contributed by atoms with E-state index in [1.54, 1.807) is 0 Å². The van der Waals surface area contributed by atoms with Gasteiger partial charge < -0.3 is 9.88 Å². The third-order valence-corrected chi connectivity index (χ3v) is 5.48. The Bertz CT molecular complexity index is 924. The van der Waals surface area contributed by atoms with E-state index in [1.807, 2.05) is 60.1 Å². The Kier molecular flexibility index (Phi) is 6.53. The summed E-state index contributed by atoms with van der Waals surface area (Å²) in [4.78, 5) is 12.3. The summed E-state index contributed by atoms with van der Waals surface area (Å²) in [6, 6.07) is 15.5. The summed E-state index contributed by atoms with van der Waals surface area (Å²) in [5, 5.41) is 12.9. The van der Waals surface area contributed by atoms with Crippen molar-refractivity contribution in [3.8, 4) is 0 Å². The Balaban J connectivity index is 1.59. The fraction of sp³-hybridized carbons (Fsp3) is 0.250. The van der Waals surface area contributed by atoms with Crippen molar-refractivity contribution in [2.75, 3.05) is 11.1 Å². The molecule has 7 heteroatoms. The van der Waals surface area contributed by atoms with Crippen molar-refractivity contribution < 1.29 is 4.79 Å². The van der Waals surface area contributed by atoms with Crippen LogP contribution in [0.5, 0.6) is 0 Å². The molecule has 5 nitrogen and oxygen atoms in total. The highest BCUT2D eigenvalue weighted by Gasteiger charge is 2.13. The number of rotatable bonds is 7. The van der Waals surface area contributed by atoms with Crippen molar-refractivity contribution in [1.82, 2.24) is 14.8 Å². The number of carbonyl (C=O) groups is 1. The lowest BCUT2D eigenvalue weighted by Crippen LogP contribution is -2.15. The van der Waals surface area contributed by atoms with E-state index < -0.39 is 0 Å². The van der Waals surface area contributed by atoms with E-state index >= 15 is 0 Å². The van der Waals surface area contributed by atoms with Gasteiger partial charge in [0.05, 0.1) is 5.75 Å². The Morgan fingerprint density at radius 1 is 1.15 bits per heavy atom. The largest absolute Gasteiger partial charge is 0.325 e.